The van der Waals surface area contributed by atoms with E-state index in [-0.39, 0.29) is 6.42 Å². The van der Waals surface area contributed by atoms with Gasteiger partial charge in [0.1, 0.15) is 5.75 Å². The molecular formula is C13H17NO5. The zero-order valence-corrected chi connectivity index (χ0v) is 10.8. The fourth-order valence-corrected chi connectivity index (χ4v) is 1.58. The maximum atomic E-state index is 11.7. The predicted octanol–water partition coefficient (Wildman–Crippen LogP) is 0.188. The van der Waals surface area contributed by atoms with E-state index in [1.165, 1.54) is 14.0 Å². The van der Waals surface area contributed by atoms with Gasteiger partial charge in [0, 0.05) is 0 Å². The van der Waals surface area contributed by atoms with Crippen LogP contribution in [0.5, 0.6) is 5.75 Å². The molecule has 1 aromatic rings. The van der Waals surface area contributed by atoms with Crippen molar-refractivity contribution in [2.75, 3.05) is 7.11 Å². The van der Waals surface area contributed by atoms with Gasteiger partial charge in [-0.05, 0) is 24.6 Å². The van der Waals surface area contributed by atoms with Gasteiger partial charge >= 0.3 is 5.97 Å². The second kappa shape index (κ2) is 6.75. The van der Waals surface area contributed by atoms with Crippen molar-refractivity contribution in [2.24, 2.45) is 0 Å². The number of carboxylic acid groups (broad SMARTS) is 1. The van der Waals surface area contributed by atoms with Crippen molar-refractivity contribution in [3.8, 4) is 5.75 Å². The summed E-state index contributed by atoms with van der Waals surface area (Å²) in [4.78, 5) is 22.5. The van der Waals surface area contributed by atoms with Crippen LogP contribution in [0.1, 0.15) is 12.5 Å². The molecule has 1 rings (SSSR count). The Morgan fingerprint density at radius 2 is 2.11 bits per heavy atom. The molecule has 0 aliphatic rings. The number of benzene rings is 1. The van der Waals surface area contributed by atoms with E-state index in [0.29, 0.717) is 11.3 Å². The second-order valence-electron chi connectivity index (χ2n) is 4.15. The molecule has 3 N–H and O–H groups in total. The highest BCUT2D eigenvalue weighted by Gasteiger charge is 2.24. The van der Waals surface area contributed by atoms with Gasteiger partial charge in [-0.1, -0.05) is 12.1 Å². The third-order valence-electron chi connectivity index (χ3n) is 2.56. The van der Waals surface area contributed by atoms with Gasteiger partial charge in [0.2, 0.25) is 5.91 Å². The van der Waals surface area contributed by atoms with Crippen LogP contribution >= 0.6 is 0 Å². The molecular weight excluding hydrogens is 250 g/mol. The number of aliphatic hydroxyl groups is 1. The number of nitrogens with one attached hydrogen (secondary N) is 1. The SMILES string of the molecule is COc1cccc(CC(=O)N[C@H](C(=O)O)[C@@H](C)O)c1. The summed E-state index contributed by atoms with van der Waals surface area (Å²) in [5.74, 6) is -1.12. The van der Waals surface area contributed by atoms with Crippen LogP contribution in [0.15, 0.2) is 24.3 Å². The van der Waals surface area contributed by atoms with Gasteiger partial charge in [-0.2, -0.15) is 0 Å². The first-order chi connectivity index (χ1) is 8.93. The quantitative estimate of drug-likeness (QED) is 0.683. The van der Waals surface area contributed by atoms with Crippen LogP contribution in [0.2, 0.25) is 0 Å². The number of carbonyl (C=O) groups is 2. The third kappa shape index (κ3) is 4.59. The lowest BCUT2D eigenvalue weighted by molar-refractivity contribution is -0.144. The molecule has 0 bridgehead atoms. The summed E-state index contributed by atoms with van der Waals surface area (Å²) >= 11 is 0. The number of methoxy groups -OCH3 is 1. The molecule has 1 aromatic carbocycles. The van der Waals surface area contributed by atoms with E-state index in [9.17, 15) is 14.7 Å². The second-order valence-corrected chi connectivity index (χ2v) is 4.15. The molecule has 0 aliphatic heterocycles. The summed E-state index contributed by atoms with van der Waals surface area (Å²) in [6, 6.07) is 5.61. The predicted molar refractivity (Wildman–Crippen MR) is 67.9 cm³/mol. The van der Waals surface area contributed by atoms with Crippen LogP contribution in [-0.2, 0) is 16.0 Å². The molecule has 0 saturated heterocycles. The van der Waals surface area contributed by atoms with Crippen molar-refractivity contribution < 1.29 is 24.5 Å². The largest absolute Gasteiger partial charge is 0.497 e. The van der Waals surface area contributed by atoms with Crippen LogP contribution in [0.3, 0.4) is 0 Å². The van der Waals surface area contributed by atoms with Gasteiger partial charge in [0.15, 0.2) is 6.04 Å². The fraction of sp³-hybridized carbons (Fsp3) is 0.385. The maximum Gasteiger partial charge on any atom is 0.328 e. The fourth-order valence-electron chi connectivity index (χ4n) is 1.58. The Balaban J connectivity index is 2.66. The minimum atomic E-state index is -1.31. The number of hydrogen-bond donors (Lipinski definition) is 3. The molecule has 19 heavy (non-hydrogen) atoms. The topological polar surface area (TPSA) is 95.9 Å². The Labute approximate surface area is 111 Å². The number of amides is 1. The molecule has 0 aromatic heterocycles. The van der Waals surface area contributed by atoms with Gasteiger partial charge in [-0.3, -0.25) is 4.79 Å². The molecule has 2 atom stereocenters. The Bertz CT molecular complexity index is 458. The molecule has 0 heterocycles. The number of ether oxygens (including phenoxy) is 1. The molecule has 6 nitrogen and oxygen atoms in total. The van der Waals surface area contributed by atoms with E-state index in [1.807, 2.05) is 0 Å². The van der Waals surface area contributed by atoms with E-state index >= 15 is 0 Å². The first-order valence-electron chi connectivity index (χ1n) is 5.77. The van der Waals surface area contributed by atoms with Gasteiger partial charge < -0.3 is 20.3 Å². The van der Waals surface area contributed by atoms with E-state index in [0.717, 1.165) is 0 Å². The van der Waals surface area contributed by atoms with E-state index in [2.05, 4.69) is 5.32 Å². The number of aliphatic hydroxyl groups excluding tert-OH is 1. The zero-order valence-electron chi connectivity index (χ0n) is 10.8. The average Bonchev–Trinajstić information content (AvgIpc) is 2.35. The van der Waals surface area contributed by atoms with Crippen LogP contribution < -0.4 is 10.1 Å². The first kappa shape index (κ1) is 15.0. The smallest absolute Gasteiger partial charge is 0.328 e. The van der Waals surface area contributed by atoms with Crippen molar-refractivity contribution in [1.29, 1.82) is 0 Å². The summed E-state index contributed by atoms with van der Waals surface area (Å²) in [6.45, 7) is 1.31. The molecule has 0 aliphatic carbocycles. The minimum Gasteiger partial charge on any atom is -0.497 e. The van der Waals surface area contributed by atoms with E-state index in [1.54, 1.807) is 24.3 Å². The Morgan fingerprint density at radius 1 is 1.42 bits per heavy atom. The van der Waals surface area contributed by atoms with Crippen LogP contribution in [-0.4, -0.2) is 41.3 Å². The molecule has 0 unspecified atom stereocenters. The average molecular weight is 267 g/mol. The highest BCUT2D eigenvalue weighted by Crippen LogP contribution is 2.12. The van der Waals surface area contributed by atoms with Crippen LogP contribution in [0, 0.1) is 0 Å². The molecule has 0 spiro atoms. The Hall–Kier alpha value is -2.08. The van der Waals surface area contributed by atoms with Gasteiger partial charge in [-0.15, -0.1) is 0 Å². The Morgan fingerprint density at radius 3 is 2.63 bits per heavy atom. The number of hydrogen-bond acceptors (Lipinski definition) is 4. The highest BCUT2D eigenvalue weighted by atomic mass is 16.5. The molecule has 6 heteroatoms. The van der Waals surface area contributed by atoms with Crippen molar-refractivity contribution in [2.45, 2.75) is 25.5 Å². The minimum absolute atomic E-state index is 0.0215. The van der Waals surface area contributed by atoms with Gasteiger partial charge in [-0.25, -0.2) is 4.79 Å². The lowest BCUT2D eigenvalue weighted by Gasteiger charge is -2.17. The van der Waals surface area contributed by atoms with Gasteiger partial charge in [0.05, 0.1) is 19.6 Å². The number of carboxylic acids is 1. The maximum absolute atomic E-state index is 11.7. The van der Waals surface area contributed by atoms with Gasteiger partial charge in [0.25, 0.3) is 0 Å². The molecule has 0 radical (unpaired) electrons. The summed E-state index contributed by atoms with van der Waals surface area (Å²) in [7, 11) is 1.52. The summed E-state index contributed by atoms with van der Waals surface area (Å²) in [5, 5.41) is 20.4. The summed E-state index contributed by atoms with van der Waals surface area (Å²) < 4.78 is 5.03. The zero-order chi connectivity index (χ0) is 14.4. The van der Waals surface area contributed by atoms with E-state index < -0.39 is 24.0 Å². The first-order valence-corrected chi connectivity index (χ1v) is 5.77. The Kier molecular flexibility index (Phi) is 5.32. The van der Waals surface area contributed by atoms with Crippen LogP contribution in [0.25, 0.3) is 0 Å². The molecule has 0 saturated carbocycles. The standard InChI is InChI=1S/C13H17NO5/c1-8(15)12(13(17)18)14-11(16)7-9-4-3-5-10(6-9)19-2/h3-6,8,12,15H,7H2,1-2H3,(H,14,16)(H,17,18)/t8-,12+/m1/s1. The number of rotatable bonds is 6. The molecule has 0 fully saturated rings. The van der Waals surface area contributed by atoms with Crippen molar-refractivity contribution in [3.05, 3.63) is 29.8 Å². The van der Waals surface area contributed by atoms with Crippen molar-refractivity contribution in [1.82, 2.24) is 5.32 Å². The summed E-state index contributed by atoms with van der Waals surface area (Å²) in [5.41, 5.74) is 0.701. The third-order valence-corrected chi connectivity index (χ3v) is 2.56. The lowest BCUT2D eigenvalue weighted by Crippen LogP contribution is -2.48. The summed E-state index contributed by atoms with van der Waals surface area (Å²) in [6.07, 6.45) is -1.14. The molecule has 104 valence electrons. The van der Waals surface area contributed by atoms with Crippen molar-refractivity contribution in [3.63, 3.8) is 0 Å². The lowest BCUT2D eigenvalue weighted by atomic mass is 10.1. The number of aliphatic carboxylic acids is 1. The van der Waals surface area contributed by atoms with Crippen LogP contribution in [0.4, 0.5) is 0 Å². The normalized spacial score (nSPS) is 13.4. The molecule has 1 amide bonds. The van der Waals surface area contributed by atoms with E-state index in [4.69, 9.17) is 9.84 Å². The monoisotopic (exact) mass is 267 g/mol. The number of carbonyl (C=O) groups excluding carboxylic acids is 1. The van der Waals surface area contributed by atoms with Crippen molar-refractivity contribution >= 4 is 11.9 Å². The highest BCUT2D eigenvalue weighted by molar-refractivity contribution is 5.85.